The van der Waals surface area contributed by atoms with E-state index in [9.17, 15) is 8.42 Å². The maximum atomic E-state index is 13.2. The van der Waals surface area contributed by atoms with E-state index in [1.807, 2.05) is 23.6 Å². The van der Waals surface area contributed by atoms with Crippen molar-refractivity contribution in [1.82, 2.24) is 9.29 Å². The molecule has 2 unspecified atom stereocenters. The molecule has 0 saturated carbocycles. The lowest BCUT2D eigenvalue weighted by Crippen LogP contribution is -2.54. The Balaban J connectivity index is 1.39. The van der Waals surface area contributed by atoms with Gasteiger partial charge < -0.3 is 14.4 Å². The van der Waals surface area contributed by atoms with Crippen LogP contribution >= 0.6 is 22.9 Å². The number of benzene rings is 1. The molecule has 0 N–H and O–H groups in total. The number of hydrogen-bond acceptors (Lipinski definition) is 7. The number of thiazole rings is 1. The summed E-state index contributed by atoms with van der Waals surface area (Å²) in [5.74, 6) is 1.39. The van der Waals surface area contributed by atoms with Crippen LogP contribution in [0.25, 0.3) is 0 Å². The molecular weight excluding hydrogens is 482 g/mol. The van der Waals surface area contributed by atoms with Crippen LogP contribution in [0.5, 0.6) is 11.5 Å². The van der Waals surface area contributed by atoms with Crippen molar-refractivity contribution in [3.8, 4) is 11.5 Å². The molecule has 1 aliphatic carbocycles. The molecule has 1 aromatic heterocycles. The Labute approximate surface area is 204 Å². The van der Waals surface area contributed by atoms with Crippen LogP contribution in [0.2, 0.25) is 0 Å². The molecule has 10 heteroatoms. The molecule has 0 bridgehead atoms. The molecular formula is C23H28ClN3O4S2. The molecule has 1 aliphatic heterocycles. The number of piperazine rings is 1. The zero-order valence-electron chi connectivity index (χ0n) is 18.9. The van der Waals surface area contributed by atoms with Crippen LogP contribution < -0.4 is 14.4 Å². The summed E-state index contributed by atoms with van der Waals surface area (Å²) in [6.07, 6.45) is 7.64. The minimum Gasteiger partial charge on any atom is -0.493 e. The number of aromatic nitrogens is 1. The summed E-state index contributed by atoms with van der Waals surface area (Å²) < 4.78 is 38.7. The average molecular weight is 510 g/mol. The van der Waals surface area contributed by atoms with Gasteiger partial charge in [-0.3, -0.25) is 0 Å². The predicted molar refractivity (Wildman–Crippen MR) is 133 cm³/mol. The van der Waals surface area contributed by atoms with Crippen LogP contribution in [0.3, 0.4) is 0 Å². The van der Waals surface area contributed by atoms with E-state index in [1.165, 1.54) is 0 Å². The molecule has 33 heavy (non-hydrogen) atoms. The topological polar surface area (TPSA) is 72.0 Å². The summed E-state index contributed by atoms with van der Waals surface area (Å²) in [5.41, 5.74) is 2.05. The molecule has 1 saturated heterocycles. The summed E-state index contributed by atoms with van der Waals surface area (Å²) in [4.78, 5) is 5.99. The molecule has 178 valence electrons. The van der Waals surface area contributed by atoms with Crippen LogP contribution in [0.15, 0.2) is 47.9 Å². The first-order valence-electron chi connectivity index (χ1n) is 10.7. The fourth-order valence-electron chi connectivity index (χ4n) is 4.10. The molecule has 7 nitrogen and oxygen atoms in total. The number of rotatable bonds is 7. The Kier molecular flexibility index (Phi) is 7.04. The largest absolute Gasteiger partial charge is 0.493 e. The normalized spacial score (nSPS) is 23.6. The number of alkyl halides is 1. The van der Waals surface area contributed by atoms with E-state index < -0.39 is 20.1 Å². The van der Waals surface area contributed by atoms with Crippen LogP contribution in [0, 0.1) is 0 Å². The number of anilines is 1. The summed E-state index contributed by atoms with van der Waals surface area (Å²) in [5, 5.41) is 2.19. The van der Waals surface area contributed by atoms with Gasteiger partial charge in [-0.1, -0.05) is 30.4 Å². The third-order valence-corrected chi connectivity index (χ3v) is 9.75. The second kappa shape index (κ2) is 9.66. The molecule has 0 spiro atoms. The van der Waals surface area contributed by atoms with Crippen LogP contribution in [0.4, 0.5) is 5.13 Å². The summed E-state index contributed by atoms with van der Waals surface area (Å²) >= 11 is 8.07. The second-order valence-electron chi connectivity index (χ2n) is 8.23. The van der Waals surface area contributed by atoms with E-state index in [0.29, 0.717) is 44.1 Å². The van der Waals surface area contributed by atoms with Crippen molar-refractivity contribution in [2.75, 3.05) is 45.3 Å². The van der Waals surface area contributed by atoms with Crippen molar-refractivity contribution in [2.24, 2.45) is 0 Å². The van der Waals surface area contributed by atoms with Crippen molar-refractivity contribution < 1.29 is 17.9 Å². The van der Waals surface area contributed by atoms with E-state index in [0.717, 1.165) is 16.4 Å². The van der Waals surface area contributed by atoms with Gasteiger partial charge in [0.25, 0.3) is 0 Å². The van der Waals surface area contributed by atoms with Gasteiger partial charge in [0.2, 0.25) is 10.0 Å². The Morgan fingerprint density at radius 1 is 1.15 bits per heavy atom. The van der Waals surface area contributed by atoms with Gasteiger partial charge in [-0.05, 0) is 24.6 Å². The van der Waals surface area contributed by atoms with E-state index in [4.69, 9.17) is 26.1 Å². The Morgan fingerprint density at radius 3 is 2.55 bits per heavy atom. The van der Waals surface area contributed by atoms with Crippen LogP contribution in [0.1, 0.15) is 18.2 Å². The lowest BCUT2D eigenvalue weighted by Gasteiger charge is -2.38. The standard InChI is InChI=1S/C23H28ClN3O4S2/c1-23(24)9-5-4-6-21(23)33(28,29)27-12-10-26(11-13-27)22-25-18(16-32-22)14-17-7-8-19(30-2)20(15-17)31-3/h4-9,15-16,21H,10-14H2,1-3H3. The molecule has 2 atom stereocenters. The zero-order valence-corrected chi connectivity index (χ0v) is 21.3. The minimum atomic E-state index is -3.55. The van der Waals surface area contributed by atoms with Gasteiger partial charge in [-0.2, -0.15) is 4.31 Å². The summed E-state index contributed by atoms with van der Waals surface area (Å²) in [6.45, 7) is 3.74. The second-order valence-corrected chi connectivity index (χ2v) is 11.9. The van der Waals surface area contributed by atoms with Crippen molar-refractivity contribution in [3.05, 3.63) is 59.1 Å². The Morgan fingerprint density at radius 2 is 1.88 bits per heavy atom. The summed E-state index contributed by atoms with van der Waals surface area (Å²) in [7, 11) is -0.309. The van der Waals surface area contributed by atoms with E-state index in [2.05, 4.69) is 4.90 Å². The SMILES string of the molecule is COc1ccc(Cc2csc(N3CCN(S(=O)(=O)C4C=CC=CC4(C)Cl)CC3)n2)cc1OC. The first-order chi connectivity index (χ1) is 15.7. The average Bonchev–Trinajstić information content (AvgIpc) is 3.27. The zero-order chi connectivity index (χ0) is 23.6. The Hall–Kier alpha value is -2.07. The number of sulfonamides is 1. The third-order valence-electron chi connectivity index (χ3n) is 5.94. The quantitative estimate of drug-likeness (QED) is 0.530. The van der Waals surface area contributed by atoms with Crippen LogP contribution in [-0.2, 0) is 16.4 Å². The number of methoxy groups -OCH3 is 2. The molecule has 2 heterocycles. The molecule has 1 aromatic carbocycles. The number of halogens is 1. The fourth-order valence-corrected chi connectivity index (χ4v) is 7.41. The smallest absolute Gasteiger partial charge is 0.222 e. The first-order valence-corrected chi connectivity index (χ1v) is 13.4. The van der Waals surface area contributed by atoms with Gasteiger partial charge in [0.1, 0.15) is 5.25 Å². The highest BCUT2D eigenvalue weighted by atomic mass is 35.5. The third kappa shape index (κ3) is 5.06. The monoisotopic (exact) mass is 509 g/mol. The Bertz CT molecular complexity index is 1150. The molecule has 4 rings (SSSR count). The van der Waals surface area contributed by atoms with Gasteiger partial charge in [0.05, 0.1) is 24.8 Å². The van der Waals surface area contributed by atoms with Gasteiger partial charge in [-0.25, -0.2) is 13.4 Å². The summed E-state index contributed by atoms with van der Waals surface area (Å²) in [6, 6.07) is 5.86. The molecule has 2 aromatic rings. The van der Waals surface area contributed by atoms with E-state index >= 15 is 0 Å². The van der Waals surface area contributed by atoms with Gasteiger partial charge in [0, 0.05) is 38.0 Å². The van der Waals surface area contributed by atoms with Gasteiger partial charge >= 0.3 is 0 Å². The van der Waals surface area contributed by atoms with Crippen molar-refractivity contribution >= 4 is 38.1 Å². The molecule has 1 fully saturated rings. The predicted octanol–water partition coefficient (Wildman–Crippen LogP) is 3.70. The highest BCUT2D eigenvalue weighted by Gasteiger charge is 2.43. The number of nitrogens with zero attached hydrogens (tertiary/aromatic N) is 3. The lowest BCUT2D eigenvalue weighted by atomic mass is 10.0. The fraction of sp³-hybridized carbons (Fsp3) is 0.435. The van der Waals surface area contributed by atoms with Gasteiger partial charge in [0.15, 0.2) is 16.6 Å². The number of ether oxygens (including phenoxy) is 2. The number of allylic oxidation sites excluding steroid dienone is 3. The van der Waals surface area contributed by atoms with Crippen LogP contribution in [-0.4, -0.2) is 68.2 Å². The number of hydrogen-bond donors (Lipinski definition) is 0. The maximum absolute atomic E-state index is 13.2. The lowest BCUT2D eigenvalue weighted by molar-refractivity contribution is 0.354. The first kappa shape index (κ1) is 24.1. The van der Waals surface area contributed by atoms with Crippen molar-refractivity contribution in [3.63, 3.8) is 0 Å². The van der Waals surface area contributed by atoms with Gasteiger partial charge in [-0.15, -0.1) is 22.9 Å². The molecule has 0 radical (unpaired) electrons. The van der Waals surface area contributed by atoms with E-state index in [1.54, 1.807) is 61.1 Å². The van der Waals surface area contributed by atoms with Crippen molar-refractivity contribution in [1.29, 1.82) is 0 Å². The highest BCUT2D eigenvalue weighted by Crippen LogP contribution is 2.33. The highest BCUT2D eigenvalue weighted by molar-refractivity contribution is 7.90. The molecule has 0 amide bonds. The molecule has 2 aliphatic rings. The maximum Gasteiger partial charge on any atom is 0.222 e. The van der Waals surface area contributed by atoms with Crippen molar-refractivity contribution in [2.45, 2.75) is 23.5 Å². The van der Waals surface area contributed by atoms with E-state index in [-0.39, 0.29) is 0 Å². The minimum absolute atomic E-state index is 0.411.